The van der Waals surface area contributed by atoms with Crippen LogP contribution in [0.15, 0.2) is 36.7 Å². The fraction of sp³-hybridized carbons (Fsp3) is 0.200. The van der Waals surface area contributed by atoms with Gasteiger partial charge in [0.25, 0.3) is 0 Å². The van der Waals surface area contributed by atoms with Crippen molar-refractivity contribution in [3.05, 3.63) is 53.4 Å². The van der Waals surface area contributed by atoms with Crippen molar-refractivity contribution in [2.45, 2.75) is 13.5 Å². The Morgan fingerprint density at radius 1 is 1.50 bits per heavy atom. The van der Waals surface area contributed by atoms with E-state index in [9.17, 15) is 4.79 Å². The number of carbonyl (C=O) groups is 1. The SMILES string of the molecule is COc1ccc(/C=C/C(=O)O)cc1Cn1cc(C)cn1. The summed E-state index contributed by atoms with van der Waals surface area (Å²) in [5, 5.41) is 12.9. The standard InChI is InChI=1S/C15H16N2O3/c1-11-8-16-17(9-11)10-13-7-12(4-6-15(18)19)3-5-14(13)20-2/h3-9H,10H2,1-2H3,(H,18,19)/b6-4+. The summed E-state index contributed by atoms with van der Waals surface area (Å²) in [6.07, 6.45) is 6.41. The Hall–Kier alpha value is -2.56. The maximum absolute atomic E-state index is 10.5. The molecule has 1 N–H and O–H groups in total. The number of carboxylic acid groups (broad SMARTS) is 1. The van der Waals surface area contributed by atoms with Gasteiger partial charge < -0.3 is 9.84 Å². The van der Waals surface area contributed by atoms with Gasteiger partial charge in [0.1, 0.15) is 5.75 Å². The Balaban J connectivity index is 2.29. The van der Waals surface area contributed by atoms with Gasteiger partial charge in [-0.05, 0) is 36.3 Å². The molecule has 0 bridgehead atoms. The molecule has 0 spiro atoms. The molecule has 0 unspecified atom stereocenters. The first-order valence-corrected chi connectivity index (χ1v) is 6.15. The number of aliphatic carboxylic acids is 1. The van der Waals surface area contributed by atoms with Gasteiger partial charge in [0.15, 0.2) is 0 Å². The van der Waals surface area contributed by atoms with Gasteiger partial charge in [-0.1, -0.05) is 6.07 Å². The Morgan fingerprint density at radius 3 is 2.90 bits per heavy atom. The smallest absolute Gasteiger partial charge is 0.328 e. The van der Waals surface area contributed by atoms with E-state index in [-0.39, 0.29) is 0 Å². The first kappa shape index (κ1) is 13.9. The number of nitrogens with zero attached hydrogens (tertiary/aromatic N) is 2. The molecule has 5 heteroatoms. The molecule has 0 aliphatic heterocycles. The Kier molecular flexibility index (Phi) is 4.20. The van der Waals surface area contributed by atoms with Crippen LogP contribution in [0.1, 0.15) is 16.7 Å². The van der Waals surface area contributed by atoms with E-state index in [2.05, 4.69) is 5.10 Å². The maximum atomic E-state index is 10.5. The number of methoxy groups -OCH3 is 1. The molecule has 20 heavy (non-hydrogen) atoms. The number of hydrogen-bond acceptors (Lipinski definition) is 3. The lowest BCUT2D eigenvalue weighted by Gasteiger charge is -2.09. The summed E-state index contributed by atoms with van der Waals surface area (Å²) in [5.41, 5.74) is 2.85. The normalized spacial score (nSPS) is 10.9. The van der Waals surface area contributed by atoms with Crippen LogP contribution in [-0.2, 0) is 11.3 Å². The van der Waals surface area contributed by atoms with Crippen molar-refractivity contribution in [2.75, 3.05) is 7.11 Å². The Labute approximate surface area is 117 Å². The molecule has 1 aromatic heterocycles. The second-order valence-electron chi connectivity index (χ2n) is 4.46. The molecule has 1 aromatic carbocycles. The number of hydrogen-bond donors (Lipinski definition) is 1. The van der Waals surface area contributed by atoms with Crippen molar-refractivity contribution in [1.82, 2.24) is 9.78 Å². The van der Waals surface area contributed by atoms with Crippen molar-refractivity contribution in [3.63, 3.8) is 0 Å². The predicted molar refractivity (Wildman–Crippen MR) is 75.7 cm³/mol. The lowest BCUT2D eigenvalue weighted by atomic mass is 10.1. The quantitative estimate of drug-likeness (QED) is 0.848. The van der Waals surface area contributed by atoms with Crippen LogP contribution >= 0.6 is 0 Å². The van der Waals surface area contributed by atoms with Gasteiger partial charge in [-0.25, -0.2) is 4.79 Å². The van der Waals surface area contributed by atoms with E-state index in [1.807, 2.05) is 36.0 Å². The molecule has 0 amide bonds. The topological polar surface area (TPSA) is 64.3 Å². The molecule has 0 fully saturated rings. The molecule has 0 saturated carbocycles. The van der Waals surface area contributed by atoms with Crippen LogP contribution in [-0.4, -0.2) is 28.0 Å². The van der Waals surface area contributed by atoms with Crippen molar-refractivity contribution < 1.29 is 14.6 Å². The summed E-state index contributed by atoms with van der Waals surface area (Å²) in [6.45, 7) is 2.55. The van der Waals surface area contributed by atoms with Crippen molar-refractivity contribution in [2.24, 2.45) is 0 Å². The van der Waals surface area contributed by atoms with Gasteiger partial charge >= 0.3 is 5.97 Å². The maximum Gasteiger partial charge on any atom is 0.328 e. The molecule has 0 aliphatic rings. The molecule has 2 aromatic rings. The fourth-order valence-electron chi connectivity index (χ4n) is 1.92. The Bertz CT molecular complexity index is 644. The molecule has 5 nitrogen and oxygen atoms in total. The lowest BCUT2D eigenvalue weighted by Crippen LogP contribution is -2.02. The summed E-state index contributed by atoms with van der Waals surface area (Å²) in [6, 6.07) is 5.54. The summed E-state index contributed by atoms with van der Waals surface area (Å²) < 4.78 is 7.14. The van der Waals surface area contributed by atoms with E-state index in [4.69, 9.17) is 9.84 Å². The molecule has 104 valence electrons. The summed E-state index contributed by atoms with van der Waals surface area (Å²) in [5.74, 6) is -0.212. The van der Waals surface area contributed by atoms with Crippen molar-refractivity contribution >= 4 is 12.0 Å². The molecule has 0 aliphatic carbocycles. The first-order chi connectivity index (χ1) is 9.58. The van der Waals surface area contributed by atoms with E-state index in [0.29, 0.717) is 6.54 Å². The Morgan fingerprint density at radius 2 is 2.30 bits per heavy atom. The van der Waals surface area contributed by atoms with Crippen LogP contribution < -0.4 is 4.74 Å². The first-order valence-electron chi connectivity index (χ1n) is 6.15. The number of carboxylic acids is 1. The van der Waals surface area contributed by atoms with E-state index in [1.54, 1.807) is 19.4 Å². The van der Waals surface area contributed by atoms with Crippen LogP contribution in [0.4, 0.5) is 0 Å². The zero-order chi connectivity index (χ0) is 14.5. The molecule has 0 atom stereocenters. The third-order valence-electron chi connectivity index (χ3n) is 2.82. The minimum atomic E-state index is -0.968. The summed E-state index contributed by atoms with van der Waals surface area (Å²) in [7, 11) is 1.61. The van der Waals surface area contributed by atoms with Gasteiger partial charge in [-0.15, -0.1) is 0 Å². The number of aryl methyl sites for hydroxylation is 1. The minimum Gasteiger partial charge on any atom is -0.496 e. The third kappa shape index (κ3) is 3.47. The van der Waals surface area contributed by atoms with Crippen molar-refractivity contribution in [1.29, 1.82) is 0 Å². The zero-order valence-corrected chi connectivity index (χ0v) is 11.4. The molecular weight excluding hydrogens is 256 g/mol. The van der Waals surface area contributed by atoms with Crippen LogP contribution in [0.25, 0.3) is 6.08 Å². The van der Waals surface area contributed by atoms with Crippen molar-refractivity contribution in [3.8, 4) is 5.75 Å². The number of benzene rings is 1. The van der Waals surface area contributed by atoms with Gasteiger partial charge in [-0.2, -0.15) is 5.10 Å². The van der Waals surface area contributed by atoms with E-state index in [1.165, 1.54) is 0 Å². The van der Waals surface area contributed by atoms with Crippen LogP contribution in [0.3, 0.4) is 0 Å². The molecular formula is C15H16N2O3. The van der Waals surface area contributed by atoms with Crippen LogP contribution in [0.2, 0.25) is 0 Å². The average molecular weight is 272 g/mol. The number of aromatic nitrogens is 2. The summed E-state index contributed by atoms with van der Waals surface area (Å²) in [4.78, 5) is 10.5. The van der Waals surface area contributed by atoms with Gasteiger partial charge in [0, 0.05) is 17.8 Å². The van der Waals surface area contributed by atoms with E-state index < -0.39 is 5.97 Å². The number of ether oxygens (including phenoxy) is 1. The van der Waals surface area contributed by atoms with Gasteiger partial charge in [0.2, 0.25) is 0 Å². The number of rotatable bonds is 5. The predicted octanol–water partition coefficient (Wildman–Crippen LogP) is 2.35. The fourth-order valence-corrected chi connectivity index (χ4v) is 1.92. The zero-order valence-electron chi connectivity index (χ0n) is 11.4. The van der Waals surface area contributed by atoms with Gasteiger partial charge in [0.05, 0.1) is 19.9 Å². The minimum absolute atomic E-state index is 0.575. The molecule has 1 heterocycles. The van der Waals surface area contributed by atoms with E-state index in [0.717, 1.165) is 28.5 Å². The lowest BCUT2D eigenvalue weighted by molar-refractivity contribution is -0.131. The van der Waals surface area contributed by atoms with Crippen LogP contribution in [0.5, 0.6) is 5.75 Å². The highest BCUT2D eigenvalue weighted by molar-refractivity contribution is 5.85. The molecule has 0 radical (unpaired) electrons. The molecule has 0 saturated heterocycles. The highest BCUT2D eigenvalue weighted by Gasteiger charge is 2.05. The second-order valence-corrected chi connectivity index (χ2v) is 4.46. The van der Waals surface area contributed by atoms with Gasteiger partial charge in [-0.3, -0.25) is 4.68 Å². The second kappa shape index (κ2) is 6.06. The highest BCUT2D eigenvalue weighted by Crippen LogP contribution is 2.21. The van der Waals surface area contributed by atoms with Crippen LogP contribution in [0, 0.1) is 6.92 Å². The monoisotopic (exact) mass is 272 g/mol. The largest absolute Gasteiger partial charge is 0.496 e. The average Bonchev–Trinajstić information content (AvgIpc) is 2.82. The third-order valence-corrected chi connectivity index (χ3v) is 2.82. The van der Waals surface area contributed by atoms with E-state index >= 15 is 0 Å². The highest BCUT2D eigenvalue weighted by atomic mass is 16.5. The molecule has 2 rings (SSSR count). The summed E-state index contributed by atoms with van der Waals surface area (Å²) >= 11 is 0.